The Labute approximate surface area is 102 Å². The summed E-state index contributed by atoms with van der Waals surface area (Å²) in [4.78, 5) is 4.57. The van der Waals surface area contributed by atoms with Crippen molar-refractivity contribution in [2.75, 3.05) is 0 Å². The molecule has 1 aromatic carbocycles. The van der Waals surface area contributed by atoms with Gasteiger partial charge in [-0.15, -0.1) is 0 Å². The van der Waals surface area contributed by atoms with Gasteiger partial charge < -0.3 is 4.57 Å². The number of benzene rings is 1. The van der Waals surface area contributed by atoms with E-state index in [0.29, 0.717) is 0 Å². The van der Waals surface area contributed by atoms with E-state index in [2.05, 4.69) is 36.4 Å². The molecule has 1 aromatic heterocycles. The van der Waals surface area contributed by atoms with Gasteiger partial charge in [-0.1, -0.05) is 0 Å². The first kappa shape index (κ1) is 11.7. The van der Waals surface area contributed by atoms with E-state index in [0.717, 1.165) is 28.0 Å². The number of hydrogen-bond acceptors (Lipinski definition) is 2. The monoisotopic (exact) mass is 227 g/mol. The highest BCUT2D eigenvalue weighted by Crippen LogP contribution is 2.26. The van der Waals surface area contributed by atoms with Crippen LogP contribution < -0.4 is 0 Å². The van der Waals surface area contributed by atoms with E-state index in [1.54, 1.807) is 0 Å². The fourth-order valence-corrected chi connectivity index (χ4v) is 2.32. The lowest BCUT2D eigenvalue weighted by Crippen LogP contribution is -2.22. The number of aromatic nitrogens is 2. The molecule has 88 valence electrons. The third kappa shape index (κ3) is 1.80. The highest BCUT2D eigenvalue weighted by Gasteiger charge is 2.20. The second-order valence-corrected chi connectivity index (χ2v) is 5.43. The molecule has 1 heterocycles. The van der Waals surface area contributed by atoms with Gasteiger partial charge in [0.15, 0.2) is 0 Å². The standard InChI is InChI=1S/C14H17N3/c1-9-6-12-13(7-11(9)8-15)17(10(2)16-12)14(3,4)5/h6-7H,1-5H3. The Morgan fingerprint density at radius 1 is 1.24 bits per heavy atom. The van der Waals surface area contributed by atoms with Gasteiger partial charge in [0.2, 0.25) is 0 Å². The van der Waals surface area contributed by atoms with Crippen LogP contribution in [-0.4, -0.2) is 9.55 Å². The highest BCUT2D eigenvalue weighted by atomic mass is 15.1. The smallest absolute Gasteiger partial charge is 0.107 e. The predicted molar refractivity (Wildman–Crippen MR) is 68.9 cm³/mol. The van der Waals surface area contributed by atoms with Crippen molar-refractivity contribution < 1.29 is 0 Å². The van der Waals surface area contributed by atoms with E-state index in [-0.39, 0.29) is 5.54 Å². The molecule has 0 radical (unpaired) electrons. The minimum Gasteiger partial charge on any atom is -0.323 e. The average Bonchev–Trinajstić information content (AvgIpc) is 2.50. The molecule has 0 aliphatic heterocycles. The first-order chi connectivity index (χ1) is 7.84. The minimum absolute atomic E-state index is 0.0270. The van der Waals surface area contributed by atoms with Crippen molar-refractivity contribution in [2.24, 2.45) is 0 Å². The topological polar surface area (TPSA) is 41.6 Å². The molecule has 0 unspecified atom stereocenters. The molecule has 17 heavy (non-hydrogen) atoms. The largest absolute Gasteiger partial charge is 0.323 e. The van der Waals surface area contributed by atoms with Crippen molar-refractivity contribution in [2.45, 2.75) is 40.2 Å². The van der Waals surface area contributed by atoms with Gasteiger partial charge >= 0.3 is 0 Å². The number of hydrogen-bond donors (Lipinski definition) is 0. The van der Waals surface area contributed by atoms with Crippen LogP contribution in [0.25, 0.3) is 11.0 Å². The molecule has 3 nitrogen and oxygen atoms in total. The fraction of sp³-hybridized carbons (Fsp3) is 0.429. The molecule has 0 N–H and O–H groups in total. The van der Waals surface area contributed by atoms with Crippen LogP contribution >= 0.6 is 0 Å². The van der Waals surface area contributed by atoms with Crippen LogP contribution in [0.15, 0.2) is 12.1 Å². The number of nitrogens with zero attached hydrogens (tertiary/aromatic N) is 3. The molecule has 0 saturated carbocycles. The zero-order valence-corrected chi connectivity index (χ0v) is 11.0. The Bertz CT molecular complexity index is 621. The van der Waals surface area contributed by atoms with Crippen molar-refractivity contribution >= 4 is 11.0 Å². The fourth-order valence-electron chi connectivity index (χ4n) is 2.32. The van der Waals surface area contributed by atoms with E-state index in [4.69, 9.17) is 5.26 Å². The summed E-state index contributed by atoms with van der Waals surface area (Å²) in [7, 11) is 0. The number of imidazole rings is 1. The van der Waals surface area contributed by atoms with Gasteiger partial charge in [0, 0.05) is 5.54 Å². The van der Waals surface area contributed by atoms with Crippen LogP contribution in [-0.2, 0) is 5.54 Å². The summed E-state index contributed by atoms with van der Waals surface area (Å²) in [6.07, 6.45) is 0. The summed E-state index contributed by atoms with van der Waals surface area (Å²) in [6, 6.07) is 6.16. The van der Waals surface area contributed by atoms with Crippen molar-refractivity contribution in [3.8, 4) is 6.07 Å². The lowest BCUT2D eigenvalue weighted by Gasteiger charge is -2.23. The summed E-state index contributed by atoms with van der Waals surface area (Å²) in [5, 5.41) is 9.10. The first-order valence-electron chi connectivity index (χ1n) is 5.75. The van der Waals surface area contributed by atoms with Crippen LogP contribution in [0.1, 0.15) is 37.7 Å². The SMILES string of the molecule is Cc1cc2nc(C)n(C(C)(C)C)c2cc1C#N. The maximum absolute atomic E-state index is 9.10. The van der Waals surface area contributed by atoms with Crippen LogP contribution in [0.3, 0.4) is 0 Å². The summed E-state index contributed by atoms with van der Waals surface area (Å²) < 4.78 is 2.18. The van der Waals surface area contributed by atoms with Crippen LogP contribution in [0.2, 0.25) is 0 Å². The summed E-state index contributed by atoms with van der Waals surface area (Å²) >= 11 is 0. The van der Waals surface area contributed by atoms with Gasteiger partial charge in [-0.05, 0) is 52.3 Å². The molecule has 2 aromatic rings. The molecule has 2 rings (SSSR count). The third-order valence-electron chi connectivity index (χ3n) is 2.96. The van der Waals surface area contributed by atoms with E-state index in [1.807, 2.05) is 26.0 Å². The van der Waals surface area contributed by atoms with E-state index < -0.39 is 0 Å². The van der Waals surface area contributed by atoms with Gasteiger partial charge in [-0.2, -0.15) is 5.26 Å². The number of aryl methyl sites for hydroxylation is 2. The van der Waals surface area contributed by atoms with E-state index in [9.17, 15) is 0 Å². The second kappa shape index (κ2) is 3.59. The molecule has 0 atom stereocenters. The van der Waals surface area contributed by atoms with Crippen LogP contribution in [0.4, 0.5) is 0 Å². The number of rotatable bonds is 0. The van der Waals surface area contributed by atoms with E-state index in [1.165, 1.54) is 0 Å². The molecule has 0 aliphatic rings. The average molecular weight is 227 g/mol. The normalized spacial score (nSPS) is 11.8. The molecule has 3 heteroatoms. The van der Waals surface area contributed by atoms with Gasteiger partial charge in [-0.3, -0.25) is 0 Å². The third-order valence-corrected chi connectivity index (χ3v) is 2.96. The van der Waals surface area contributed by atoms with E-state index >= 15 is 0 Å². The Hall–Kier alpha value is -1.82. The Morgan fingerprint density at radius 2 is 1.88 bits per heavy atom. The number of nitriles is 1. The van der Waals surface area contributed by atoms with Crippen molar-refractivity contribution in [3.63, 3.8) is 0 Å². The number of fused-ring (bicyclic) bond motifs is 1. The van der Waals surface area contributed by atoms with Gasteiger partial charge in [0.25, 0.3) is 0 Å². The van der Waals surface area contributed by atoms with Crippen LogP contribution in [0, 0.1) is 25.2 Å². The lowest BCUT2D eigenvalue weighted by molar-refractivity contribution is 0.399. The molecule has 0 spiro atoms. The molecule has 0 aliphatic carbocycles. The second-order valence-electron chi connectivity index (χ2n) is 5.43. The minimum atomic E-state index is -0.0270. The summed E-state index contributed by atoms with van der Waals surface area (Å²) in [5.41, 5.74) is 3.69. The quantitative estimate of drug-likeness (QED) is 0.693. The molecule has 0 saturated heterocycles. The maximum atomic E-state index is 9.10. The summed E-state index contributed by atoms with van der Waals surface area (Å²) in [6.45, 7) is 10.4. The molecule has 0 bridgehead atoms. The van der Waals surface area contributed by atoms with Gasteiger partial charge in [-0.25, -0.2) is 4.98 Å². The van der Waals surface area contributed by atoms with Crippen molar-refractivity contribution in [3.05, 3.63) is 29.1 Å². The zero-order valence-electron chi connectivity index (χ0n) is 11.0. The van der Waals surface area contributed by atoms with Crippen molar-refractivity contribution in [1.29, 1.82) is 5.26 Å². The summed E-state index contributed by atoms with van der Waals surface area (Å²) in [5.74, 6) is 0.988. The Kier molecular flexibility index (Phi) is 2.46. The van der Waals surface area contributed by atoms with Crippen LogP contribution in [0.5, 0.6) is 0 Å². The molecular formula is C14H17N3. The van der Waals surface area contributed by atoms with Gasteiger partial charge in [0.1, 0.15) is 5.82 Å². The maximum Gasteiger partial charge on any atom is 0.107 e. The first-order valence-corrected chi connectivity index (χ1v) is 5.75. The zero-order chi connectivity index (χ0) is 12.8. The lowest BCUT2D eigenvalue weighted by atomic mass is 10.1. The molecule has 0 fully saturated rings. The molecule has 0 amide bonds. The van der Waals surface area contributed by atoms with Gasteiger partial charge in [0.05, 0.1) is 22.7 Å². The Morgan fingerprint density at radius 3 is 2.41 bits per heavy atom. The highest BCUT2D eigenvalue weighted by molar-refractivity contribution is 5.79. The van der Waals surface area contributed by atoms with Crippen molar-refractivity contribution in [1.82, 2.24) is 9.55 Å². The predicted octanol–water partition coefficient (Wildman–Crippen LogP) is 3.28. The Balaban J connectivity index is 2.87. The molecular weight excluding hydrogens is 210 g/mol.